The molecule has 2 aromatic carbocycles. The Morgan fingerprint density at radius 1 is 1.05 bits per heavy atom. The molecule has 0 amide bonds. The van der Waals surface area contributed by atoms with Gasteiger partial charge in [0.25, 0.3) is 0 Å². The number of aromatic nitrogens is 1. The first-order valence-corrected chi connectivity index (χ1v) is 6.84. The summed E-state index contributed by atoms with van der Waals surface area (Å²) in [6.07, 6.45) is 0. The first-order chi connectivity index (χ1) is 9.72. The zero-order chi connectivity index (χ0) is 13.9. The number of ether oxygens (including phenoxy) is 1. The van der Waals surface area contributed by atoms with Crippen LogP contribution in [0.25, 0.3) is 10.9 Å². The average molecular weight is 284 g/mol. The van der Waals surface area contributed by atoms with Crippen LogP contribution in [0.1, 0.15) is 11.1 Å². The molecule has 0 atom stereocenters. The molecule has 0 radical (unpaired) electrons. The fraction of sp³-hybridized carbons (Fsp3) is 0.118. The van der Waals surface area contributed by atoms with Crippen molar-refractivity contribution < 1.29 is 4.74 Å². The third-order valence-electron chi connectivity index (χ3n) is 3.20. The molecule has 0 bridgehead atoms. The molecule has 3 aromatic rings. The second-order valence-electron chi connectivity index (χ2n) is 4.72. The molecule has 2 nitrogen and oxygen atoms in total. The lowest BCUT2D eigenvalue weighted by atomic mass is 10.1. The van der Waals surface area contributed by atoms with Gasteiger partial charge in [-0.1, -0.05) is 41.9 Å². The SMILES string of the molecule is Cc1cc(Cl)nc2ccc(OCc3ccccc3)cc12. The largest absolute Gasteiger partial charge is 0.489 e. The van der Waals surface area contributed by atoms with Crippen molar-refractivity contribution >= 4 is 22.5 Å². The Morgan fingerprint density at radius 3 is 2.65 bits per heavy atom. The van der Waals surface area contributed by atoms with Gasteiger partial charge in [0.1, 0.15) is 17.5 Å². The van der Waals surface area contributed by atoms with E-state index in [0.717, 1.165) is 27.8 Å². The fourth-order valence-corrected chi connectivity index (χ4v) is 2.42. The Hall–Kier alpha value is -2.06. The van der Waals surface area contributed by atoms with Gasteiger partial charge < -0.3 is 4.74 Å². The van der Waals surface area contributed by atoms with E-state index in [1.165, 1.54) is 0 Å². The summed E-state index contributed by atoms with van der Waals surface area (Å²) >= 11 is 5.96. The van der Waals surface area contributed by atoms with Crippen LogP contribution in [0.4, 0.5) is 0 Å². The summed E-state index contributed by atoms with van der Waals surface area (Å²) in [5, 5.41) is 1.59. The second-order valence-corrected chi connectivity index (χ2v) is 5.10. The molecule has 0 aliphatic heterocycles. The molecule has 3 rings (SSSR count). The molecular formula is C17H14ClNO. The van der Waals surface area contributed by atoms with Crippen LogP contribution >= 0.6 is 11.6 Å². The third-order valence-corrected chi connectivity index (χ3v) is 3.40. The van der Waals surface area contributed by atoms with Crippen LogP contribution in [0, 0.1) is 6.92 Å². The van der Waals surface area contributed by atoms with Crippen molar-refractivity contribution in [3.05, 3.63) is 70.9 Å². The van der Waals surface area contributed by atoms with Crippen LogP contribution in [-0.2, 0) is 6.61 Å². The molecule has 20 heavy (non-hydrogen) atoms. The number of rotatable bonds is 3. The number of hydrogen-bond acceptors (Lipinski definition) is 2. The molecule has 1 aromatic heterocycles. The van der Waals surface area contributed by atoms with Crippen LogP contribution in [-0.4, -0.2) is 4.98 Å². The minimum atomic E-state index is 0.521. The van der Waals surface area contributed by atoms with Gasteiger partial charge in [-0.2, -0.15) is 0 Å². The summed E-state index contributed by atoms with van der Waals surface area (Å²) in [5.41, 5.74) is 3.14. The Labute approximate surface area is 123 Å². The predicted octanol–water partition coefficient (Wildman–Crippen LogP) is 4.78. The Kier molecular flexibility index (Phi) is 3.57. The molecule has 1 heterocycles. The Balaban J connectivity index is 1.86. The number of halogens is 1. The Bertz CT molecular complexity index is 741. The van der Waals surface area contributed by atoms with E-state index in [1.807, 2.05) is 61.5 Å². The quantitative estimate of drug-likeness (QED) is 0.646. The number of nitrogens with zero attached hydrogens (tertiary/aromatic N) is 1. The summed E-state index contributed by atoms with van der Waals surface area (Å²) in [7, 11) is 0. The monoisotopic (exact) mass is 283 g/mol. The van der Waals surface area contributed by atoms with E-state index in [0.29, 0.717) is 11.8 Å². The lowest BCUT2D eigenvalue weighted by Crippen LogP contribution is -1.95. The molecular weight excluding hydrogens is 270 g/mol. The van der Waals surface area contributed by atoms with Gasteiger partial charge in [-0.05, 0) is 42.3 Å². The van der Waals surface area contributed by atoms with Gasteiger partial charge in [-0.25, -0.2) is 4.98 Å². The number of pyridine rings is 1. The van der Waals surface area contributed by atoms with E-state index in [9.17, 15) is 0 Å². The molecule has 0 aliphatic carbocycles. The van der Waals surface area contributed by atoms with Crippen molar-refractivity contribution in [1.82, 2.24) is 4.98 Å². The highest BCUT2D eigenvalue weighted by atomic mass is 35.5. The van der Waals surface area contributed by atoms with Crippen molar-refractivity contribution in [1.29, 1.82) is 0 Å². The van der Waals surface area contributed by atoms with E-state index >= 15 is 0 Å². The van der Waals surface area contributed by atoms with Gasteiger partial charge in [0, 0.05) is 5.39 Å². The van der Waals surface area contributed by atoms with E-state index in [1.54, 1.807) is 0 Å². The second kappa shape index (κ2) is 5.51. The van der Waals surface area contributed by atoms with Crippen molar-refractivity contribution in [3.63, 3.8) is 0 Å². The molecule has 0 fully saturated rings. The van der Waals surface area contributed by atoms with Crippen molar-refractivity contribution in [2.75, 3.05) is 0 Å². The summed E-state index contributed by atoms with van der Waals surface area (Å²) in [6.45, 7) is 2.59. The summed E-state index contributed by atoms with van der Waals surface area (Å²) in [5.74, 6) is 0.841. The van der Waals surface area contributed by atoms with E-state index in [-0.39, 0.29) is 0 Å². The molecule has 0 saturated heterocycles. The van der Waals surface area contributed by atoms with Gasteiger partial charge in [-0.3, -0.25) is 0 Å². The Morgan fingerprint density at radius 2 is 1.85 bits per heavy atom. The highest BCUT2D eigenvalue weighted by Crippen LogP contribution is 2.25. The first kappa shape index (κ1) is 12.9. The van der Waals surface area contributed by atoms with Gasteiger partial charge in [0.2, 0.25) is 0 Å². The molecule has 0 unspecified atom stereocenters. The molecule has 3 heteroatoms. The third kappa shape index (κ3) is 2.75. The molecule has 0 saturated carbocycles. The summed E-state index contributed by atoms with van der Waals surface area (Å²) in [6, 6.07) is 17.9. The number of aryl methyl sites for hydroxylation is 1. The minimum Gasteiger partial charge on any atom is -0.489 e. The van der Waals surface area contributed by atoms with Crippen molar-refractivity contribution in [2.24, 2.45) is 0 Å². The lowest BCUT2D eigenvalue weighted by molar-refractivity contribution is 0.306. The first-order valence-electron chi connectivity index (χ1n) is 6.46. The van der Waals surface area contributed by atoms with E-state index in [4.69, 9.17) is 16.3 Å². The molecule has 0 spiro atoms. The van der Waals surface area contributed by atoms with Crippen LogP contribution in [0.15, 0.2) is 54.6 Å². The zero-order valence-corrected chi connectivity index (χ0v) is 11.9. The van der Waals surface area contributed by atoms with Crippen LogP contribution in [0.3, 0.4) is 0 Å². The summed E-state index contributed by atoms with van der Waals surface area (Å²) < 4.78 is 5.82. The molecule has 100 valence electrons. The fourth-order valence-electron chi connectivity index (χ4n) is 2.16. The smallest absolute Gasteiger partial charge is 0.130 e. The average Bonchev–Trinajstić information content (AvgIpc) is 2.46. The molecule has 0 N–H and O–H groups in total. The van der Waals surface area contributed by atoms with Crippen molar-refractivity contribution in [3.8, 4) is 5.75 Å². The zero-order valence-electron chi connectivity index (χ0n) is 11.1. The molecule has 0 aliphatic rings. The van der Waals surface area contributed by atoms with Crippen LogP contribution < -0.4 is 4.74 Å². The van der Waals surface area contributed by atoms with Gasteiger partial charge >= 0.3 is 0 Å². The standard InChI is InChI=1S/C17H14ClNO/c1-12-9-17(18)19-16-8-7-14(10-15(12)16)20-11-13-5-3-2-4-6-13/h2-10H,11H2,1H3. The van der Waals surface area contributed by atoms with Crippen LogP contribution in [0.5, 0.6) is 5.75 Å². The number of hydrogen-bond donors (Lipinski definition) is 0. The summed E-state index contributed by atoms with van der Waals surface area (Å²) in [4.78, 5) is 4.31. The minimum absolute atomic E-state index is 0.521. The number of fused-ring (bicyclic) bond motifs is 1. The van der Waals surface area contributed by atoms with E-state index in [2.05, 4.69) is 4.98 Å². The predicted molar refractivity (Wildman–Crippen MR) is 82.3 cm³/mol. The van der Waals surface area contributed by atoms with E-state index < -0.39 is 0 Å². The highest BCUT2D eigenvalue weighted by Gasteiger charge is 2.04. The topological polar surface area (TPSA) is 22.1 Å². The number of benzene rings is 2. The van der Waals surface area contributed by atoms with Gasteiger partial charge in [-0.15, -0.1) is 0 Å². The maximum Gasteiger partial charge on any atom is 0.130 e. The van der Waals surface area contributed by atoms with Crippen molar-refractivity contribution in [2.45, 2.75) is 13.5 Å². The normalized spacial score (nSPS) is 10.7. The highest BCUT2D eigenvalue weighted by molar-refractivity contribution is 6.29. The van der Waals surface area contributed by atoms with Crippen LogP contribution in [0.2, 0.25) is 5.15 Å². The lowest BCUT2D eigenvalue weighted by Gasteiger charge is -2.08. The maximum atomic E-state index is 5.96. The maximum absolute atomic E-state index is 5.96. The van der Waals surface area contributed by atoms with Gasteiger partial charge in [0.05, 0.1) is 5.52 Å². The van der Waals surface area contributed by atoms with Gasteiger partial charge in [0.15, 0.2) is 0 Å².